The van der Waals surface area contributed by atoms with Gasteiger partial charge >= 0.3 is 0 Å². The van der Waals surface area contributed by atoms with Crippen molar-refractivity contribution in [1.29, 1.82) is 0 Å². The molecular weight excluding hydrogens is 315 g/mol. The minimum absolute atomic E-state index is 0.0501. The van der Waals surface area contributed by atoms with Crippen molar-refractivity contribution in [2.45, 2.75) is 18.7 Å². The van der Waals surface area contributed by atoms with Gasteiger partial charge in [0.1, 0.15) is 5.82 Å². The smallest absolute Gasteiger partial charge is 0.123 e. The molecule has 0 saturated carbocycles. The minimum Gasteiger partial charge on any atom is -0.207 e. The first kappa shape index (κ1) is 13.6. The topological polar surface area (TPSA) is 0 Å². The first-order valence-electron chi connectivity index (χ1n) is 5.65. The van der Waals surface area contributed by atoms with Crippen LogP contribution >= 0.6 is 27.5 Å². The molecule has 0 nitrogen and oxygen atoms in total. The lowest BCUT2D eigenvalue weighted by molar-refractivity contribution is 0.627. The van der Waals surface area contributed by atoms with Gasteiger partial charge in [-0.15, -0.1) is 0 Å². The Balaban J connectivity index is 2.42. The van der Waals surface area contributed by atoms with Crippen LogP contribution in [0.3, 0.4) is 0 Å². The number of alkyl halides is 1. The molecular formula is C15H13BrClF. The number of benzene rings is 2. The van der Waals surface area contributed by atoms with Gasteiger partial charge in [0.2, 0.25) is 0 Å². The van der Waals surface area contributed by atoms with E-state index in [0.717, 1.165) is 27.3 Å². The summed E-state index contributed by atoms with van der Waals surface area (Å²) in [7, 11) is 0. The van der Waals surface area contributed by atoms with Crippen molar-refractivity contribution in [2.75, 3.05) is 0 Å². The predicted molar refractivity (Wildman–Crippen MR) is 78.1 cm³/mol. The summed E-state index contributed by atoms with van der Waals surface area (Å²) >= 11 is 9.76. The zero-order chi connectivity index (χ0) is 13.3. The van der Waals surface area contributed by atoms with E-state index in [1.165, 1.54) is 12.1 Å². The van der Waals surface area contributed by atoms with Gasteiger partial charge in [0.05, 0.1) is 4.83 Å². The van der Waals surface area contributed by atoms with Crippen molar-refractivity contribution < 1.29 is 4.39 Å². The third kappa shape index (κ3) is 2.76. The standard InChI is InChI=1S/C15H13BrClF/c1-9-8-14(17)10(2)7-13(9)15(16)11-3-5-12(18)6-4-11/h3-8,15H,1-2H3. The quantitative estimate of drug-likeness (QED) is 0.632. The Morgan fingerprint density at radius 2 is 1.67 bits per heavy atom. The summed E-state index contributed by atoms with van der Waals surface area (Å²) in [6.45, 7) is 4.01. The molecule has 0 spiro atoms. The van der Waals surface area contributed by atoms with Gasteiger partial charge in [-0.05, 0) is 54.3 Å². The zero-order valence-corrected chi connectivity index (χ0v) is 12.5. The zero-order valence-electron chi connectivity index (χ0n) is 10.2. The van der Waals surface area contributed by atoms with Crippen molar-refractivity contribution in [2.24, 2.45) is 0 Å². The van der Waals surface area contributed by atoms with Gasteiger partial charge in [-0.1, -0.05) is 45.7 Å². The van der Waals surface area contributed by atoms with Gasteiger partial charge < -0.3 is 0 Å². The highest BCUT2D eigenvalue weighted by molar-refractivity contribution is 9.09. The van der Waals surface area contributed by atoms with Crippen molar-refractivity contribution in [1.82, 2.24) is 0 Å². The normalized spacial score (nSPS) is 12.5. The molecule has 0 fully saturated rings. The van der Waals surface area contributed by atoms with Gasteiger partial charge in [0, 0.05) is 5.02 Å². The van der Waals surface area contributed by atoms with Crippen LogP contribution in [-0.4, -0.2) is 0 Å². The van der Waals surface area contributed by atoms with E-state index in [2.05, 4.69) is 22.0 Å². The molecule has 0 amide bonds. The highest BCUT2D eigenvalue weighted by Crippen LogP contribution is 2.35. The average Bonchev–Trinajstić information content (AvgIpc) is 2.34. The number of halogens is 3. The van der Waals surface area contributed by atoms with Crippen LogP contribution in [0.5, 0.6) is 0 Å². The minimum atomic E-state index is -0.220. The molecule has 0 bridgehead atoms. The van der Waals surface area contributed by atoms with E-state index in [0.29, 0.717) is 0 Å². The van der Waals surface area contributed by atoms with E-state index in [1.807, 2.05) is 19.9 Å². The highest BCUT2D eigenvalue weighted by Gasteiger charge is 2.14. The molecule has 2 aromatic carbocycles. The van der Waals surface area contributed by atoms with Crippen molar-refractivity contribution in [3.8, 4) is 0 Å². The maximum Gasteiger partial charge on any atom is 0.123 e. The lowest BCUT2D eigenvalue weighted by Gasteiger charge is -2.15. The van der Waals surface area contributed by atoms with Gasteiger partial charge in [-0.25, -0.2) is 4.39 Å². The van der Waals surface area contributed by atoms with Crippen molar-refractivity contribution in [3.63, 3.8) is 0 Å². The molecule has 94 valence electrons. The molecule has 2 aromatic rings. The Morgan fingerprint density at radius 3 is 2.28 bits per heavy atom. The lowest BCUT2D eigenvalue weighted by Crippen LogP contribution is -1.97. The molecule has 2 rings (SSSR count). The van der Waals surface area contributed by atoms with Gasteiger partial charge in [-0.2, -0.15) is 0 Å². The maximum absolute atomic E-state index is 12.9. The fraction of sp³-hybridized carbons (Fsp3) is 0.200. The second kappa shape index (κ2) is 5.41. The molecule has 1 unspecified atom stereocenters. The summed E-state index contributed by atoms with van der Waals surface area (Å²) < 4.78 is 12.9. The van der Waals surface area contributed by atoms with Crippen LogP contribution < -0.4 is 0 Å². The molecule has 0 N–H and O–H groups in total. The predicted octanol–water partition coefficient (Wildman–Crippen LogP) is 5.58. The molecule has 0 saturated heterocycles. The molecule has 0 heterocycles. The van der Waals surface area contributed by atoms with E-state index < -0.39 is 0 Å². The van der Waals surface area contributed by atoms with Gasteiger partial charge in [0.15, 0.2) is 0 Å². The average molecular weight is 328 g/mol. The van der Waals surface area contributed by atoms with E-state index in [-0.39, 0.29) is 10.6 Å². The van der Waals surface area contributed by atoms with Crippen LogP contribution in [0.15, 0.2) is 36.4 Å². The second-order valence-electron chi connectivity index (χ2n) is 4.37. The Labute approximate surface area is 120 Å². The Morgan fingerprint density at radius 1 is 1.06 bits per heavy atom. The third-order valence-corrected chi connectivity index (χ3v) is 4.41. The third-order valence-electron chi connectivity index (χ3n) is 2.98. The van der Waals surface area contributed by atoms with E-state index in [9.17, 15) is 4.39 Å². The molecule has 0 aromatic heterocycles. The number of hydrogen-bond acceptors (Lipinski definition) is 0. The van der Waals surface area contributed by atoms with Crippen LogP contribution in [0.4, 0.5) is 4.39 Å². The molecule has 0 aliphatic rings. The largest absolute Gasteiger partial charge is 0.207 e. The monoisotopic (exact) mass is 326 g/mol. The highest BCUT2D eigenvalue weighted by atomic mass is 79.9. The van der Waals surface area contributed by atoms with Gasteiger partial charge in [-0.3, -0.25) is 0 Å². The van der Waals surface area contributed by atoms with E-state index in [1.54, 1.807) is 12.1 Å². The maximum atomic E-state index is 12.9. The SMILES string of the molecule is Cc1cc(C(Br)c2ccc(F)cc2)c(C)cc1Cl. The summed E-state index contributed by atoms with van der Waals surface area (Å²) in [5.41, 5.74) is 4.35. The van der Waals surface area contributed by atoms with Crippen molar-refractivity contribution in [3.05, 3.63) is 69.5 Å². The fourth-order valence-corrected chi connectivity index (χ4v) is 2.90. The van der Waals surface area contributed by atoms with Crippen LogP contribution in [-0.2, 0) is 0 Å². The lowest BCUT2D eigenvalue weighted by atomic mass is 9.98. The summed E-state index contributed by atoms with van der Waals surface area (Å²) in [6, 6.07) is 10.6. The Hall–Kier alpha value is -0.860. The molecule has 1 atom stereocenters. The van der Waals surface area contributed by atoms with E-state index >= 15 is 0 Å². The van der Waals surface area contributed by atoms with Crippen LogP contribution in [0, 0.1) is 19.7 Å². The first-order chi connectivity index (χ1) is 8.49. The first-order valence-corrected chi connectivity index (χ1v) is 6.94. The fourth-order valence-electron chi connectivity index (χ4n) is 1.89. The Bertz CT molecular complexity index is 563. The summed E-state index contributed by atoms with van der Waals surface area (Å²) in [5.74, 6) is -0.220. The molecule has 0 aliphatic heterocycles. The van der Waals surface area contributed by atoms with Crippen LogP contribution in [0.25, 0.3) is 0 Å². The number of rotatable bonds is 2. The van der Waals surface area contributed by atoms with Gasteiger partial charge in [0.25, 0.3) is 0 Å². The van der Waals surface area contributed by atoms with Crippen molar-refractivity contribution >= 4 is 27.5 Å². The second-order valence-corrected chi connectivity index (χ2v) is 5.69. The van der Waals surface area contributed by atoms with Crippen LogP contribution in [0.1, 0.15) is 27.1 Å². The van der Waals surface area contributed by atoms with Crippen LogP contribution in [0.2, 0.25) is 5.02 Å². The molecule has 3 heteroatoms. The number of aryl methyl sites for hydroxylation is 2. The summed E-state index contributed by atoms with van der Waals surface area (Å²) in [6.07, 6.45) is 0. The number of hydrogen-bond donors (Lipinski definition) is 0. The Kier molecular flexibility index (Phi) is 4.08. The summed E-state index contributed by atoms with van der Waals surface area (Å²) in [5, 5.41) is 0.773. The molecule has 0 aliphatic carbocycles. The molecule has 0 radical (unpaired) electrons. The van der Waals surface area contributed by atoms with E-state index in [4.69, 9.17) is 11.6 Å². The summed E-state index contributed by atoms with van der Waals surface area (Å²) in [4.78, 5) is 0.0501. The molecule has 18 heavy (non-hydrogen) atoms.